The maximum absolute atomic E-state index is 12.1. The fraction of sp³-hybridized carbons (Fsp3) is 0.118. The lowest BCUT2D eigenvalue weighted by Crippen LogP contribution is -2.06. The van der Waals surface area contributed by atoms with E-state index < -0.39 is 10.9 Å². The van der Waals surface area contributed by atoms with Crippen LogP contribution >= 0.6 is 11.6 Å². The smallest absolute Gasteiger partial charge is 0.338 e. The number of esters is 1. The molecule has 2 aromatic carbocycles. The second-order valence-corrected chi connectivity index (χ2v) is 5.67. The first-order chi connectivity index (χ1) is 13.0. The molecule has 1 heterocycles. The van der Waals surface area contributed by atoms with E-state index in [9.17, 15) is 14.9 Å². The molecule has 3 rings (SSSR count). The monoisotopic (exact) mass is 389 g/mol. The lowest BCUT2D eigenvalue weighted by molar-refractivity contribution is -0.385. The van der Waals surface area contributed by atoms with Gasteiger partial charge in [0.25, 0.3) is 5.89 Å². The summed E-state index contributed by atoms with van der Waals surface area (Å²) >= 11 is 5.83. The van der Waals surface area contributed by atoms with Crippen LogP contribution in [-0.4, -0.2) is 28.1 Å². The number of hydrogen-bond acceptors (Lipinski definition) is 8. The van der Waals surface area contributed by atoms with Crippen molar-refractivity contribution in [3.8, 4) is 17.1 Å². The van der Waals surface area contributed by atoms with Crippen LogP contribution in [0.2, 0.25) is 5.02 Å². The van der Waals surface area contributed by atoms with E-state index in [4.69, 9.17) is 25.6 Å². The van der Waals surface area contributed by atoms with Gasteiger partial charge in [-0.2, -0.15) is 4.98 Å². The van der Waals surface area contributed by atoms with Crippen LogP contribution in [-0.2, 0) is 11.3 Å². The fourth-order valence-corrected chi connectivity index (χ4v) is 2.33. The van der Waals surface area contributed by atoms with E-state index >= 15 is 0 Å². The Balaban J connectivity index is 1.68. The summed E-state index contributed by atoms with van der Waals surface area (Å²) in [5, 5.41) is 15.4. The lowest BCUT2D eigenvalue weighted by atomic mass is 10.2. The largest absolute Gasteiger partial charge is 0.490 e. The summed E-state index contributed by atoms with van der Waals surface area (Å²) in [6.45, 7) is -0.279. The van der Waals surface area contributed by atoms with Gasteiger partial charge in [-0.1, -0.05) is 16.8 Å². The van der Waals surface area contributed by atoms with E-state index in [1.807, 2.05) is 0 Å². The molecule has 0 amide bonds. The summed E-state index contributed by atoms with van der Waals surface area (Å²) in [6, 6.07) is 10.6. The van der Waals surface area contributed by atoms with Gasteiger partial charge in [-0.25, -0.2) is 4.79 Å². The van der Waals surface area contributed by atoms with E-state index in [0.717, 1.165) is 6.07 Å². The number of benzene rings is 2. The van der Waals surface area contributed by atoms with Crippen molar-refractivity contribution in [2.75, 3.05) is 7.11 Å². The van der Waals surface area contributed by atoms with Gasteiger partial charge in [-0.15, -0.1) is 0 Å². The van der Waals surface area contributed by atoms with Gasteiger partial charge in [0, 0.05) is 16.7 Å². The highest BCUT2D eigenvalue weighted by atomic mass is 35.5. The Labute approximate surface area is 157 Å². The summed E-state index contributed by atoms with van der Waals surface area (Å²) in [6.07, 6.45) is 0. The van der Waals surface area contributed by atoms with Crippen LogP contribution in [0.3, 0.4) is 0 Å². The zero-order chi connectivity index (χ0) is 19.4. The number of nitro groups is 1. The predicted octanol–water partition coefficient (Wildman–Crippen LogP) is 3.66. The number of methoxy groups -OCH3 is 1. The maximum Gasteiger partial charge on any atom is 0.338 e. The van der Waals surface area contributed by atoms with Crippen LogP contribution in [0.4, 0.5) is 5.69 Å². The number of nitro benzene ring substituents is 1. The molecule has 10 heteroatoms. The first-order valence-electron chi connectivity index (χ1n) is 7.56. The van der Waals surface area contributed by atoms with E-state index in [1.165, 1.54) is 19.2 Å². The third-order valence-electron chi connectivity index (χ3n) is 3.51. The van der Waals surface area contributed by atoms with E-state index in [0.29, 0.717) is 16.4 Å². The molecule has 0 fully saturated rings. The zero-order valence-corrected chi connectivity index (χ0v) is 14.7. The van der Waals surface area contributed by atoms with Gasteiger partial charge in [0.1, 0.15) is 0 Å². The Bertz CT molecular complexity index is 987. The zero-order valence-electron chi connectivity index (χ0n) is 13.9. The molecule has 138 valence electrons. The molecule has 0 radical (unpaired) electrons. The second-order valence-electron chi connectivity index (χ2n) is 5.24. The summed E-state index contributed by atoms with van der Waals surface area (Å²) in [5.74, 6) is -0.331. The minimum atomic E-state index is -0.771. The van der Waals surface area contributed by atoms with E-state index in [-0.39, 0.29) is 29.5 Å². The third-order valence-corrected chi connectivity index (χ3v) is 3.76. The Kier molecular flexibility index (Phi) is 5.32. The topological polar surface area (TPSA) is 118 Å². The molecule has 0 saturated heterocycles. The van der Waals surface area contributed by atoms with Crippen molar-refractivity contribution in [1.29, 1.82) is 0 Å². The van der Waals surface area contributed by atoms with Crippen molar-refractivity contribution < 1.29 is 23.7 Å². The summed E-state index contributed by atoms with van der Waals surface area (Å²) in [4.78, 5) is 26.6. The van der Waals surface area contributed by atoms with Crippen LogP contribution in [0, 0.1) is 10.1 Å². The number of nitrogens with zero attached hydrogens (tertiary/aromatic N) is 3. The van der Waals surface area contributed by atoms with Crippen LogP contribution in [0.25, 0.3) is 11.4 Å². The number of carbonyl (C=O) groups excluding carboxylic acids is 1. The molecule has 1 aromatic heterocycles. The third kappa shape index (κ3) is 4.21. The normalized spacial score (nSPS) is 10.4. The molecule has 0 saturated carbocycles. The highest BCUT2D eigenvalue weighted by molar-refractivity contribution is 6.30. The van der Waals surface area contributed by atoms with Crippen molar-refractivity contribution in [3.05, 3.63) is 69.1 Å². The van der Waals surface area contributed by atoms with Gasteiger partial charge in [-0.3, -0.25) is 10.1 Å². The van der Waals surface area contributed by atoms with Crippen LogP contribution in [0.1, 0.15) is 16.2 Å². The average molecular weight is 390 g/mol. The molecule has 0 aliphatic carbocycles. The quantitative estimate of drug-likeness (QED) is 0.356. The summed E-state index contributed by atoms with van der Waals surface area (Å²) < 4.78 is 15.0. The number of aromatic nitrogens is 2. The van der Waals surface area contributed by atoms with Gasteiger partial charge in [-0.05, 0) is 36.4 Å². The van der Waals surface area contributed by atoms with Crippen molar-refractivity contribution in [1.82, 2.24) is 10.1 Å². The van der Waals surface area contributed by atoms with Crippen molar-refractivity contribution in [2.24, 2.45) is 0 Å². The highest BCUT2D eigenvalue weighted by Gasteiger charge is 2.19. The second kappa shape index (κ2) is 7.83. The minimum Gasteiger partial charge on any atom is -0.490 e. The van der Waals surface area contributed by atoms with Crippen molar-refractivity contribution in [3.63, 3.8) is 0 Å². The number of carbonyl (C=O) groups is 1. The molecule has 0 spiro atoms. The van der Waals surface area contributed by atoms with Gasteiger partial charge in [0.2, 0.25) is 5.82 Å². The molecule has 27 heavy (non-hydrogen) atoms. The van der Waals surface area contributed by atoms with Crippen molar-refractivity contribution >= 4 is 23.3 Å². The molecular weight excluding hydrogens is 378 g/mol. The molecule has 0 bridgehead atoms. The molecular formula is C17H12ClN3O6. The first kappa shape index (κ1) is 18.3. The molecule has 0 atom stereocenters. The molecule has 3 aromatic rings. The summed E-state index contributed by atoms with van der Waals surface area (Å²) in [7, 11) is 1.30. The van der Waals surface area contributed by atoms with Gasteiger partial charge >= 0.3 is 11.7 Å². The number of ether oxygens (including phenoxy) is 2. The van der Waals surface area contributed by atoms with E-state index in [1.54, 1.807) is 24.3 Å². The lowest BCUT2D eigenvalue weighted by Gasteiger charge is -2.04. The maximum atomic E-state index is 12.1. The molecule has 0 aliphatic rings. The Morgan fingerprint density at radius 1 is 1.26 bits per heavy atom. The highest BCUT2D eigenvalue weighted by Crippen LogP contribution is 2.28. The molecule has 0 N–H and O–H groups in total. The first-order valence-corrected chi connectivity index (χ1v) is 7.94. The molecule has 0 aliphatic heterocycles. The van der Waals surface area contributed by atoms with Crippen LogP contribution < -0.4 is 4.74 Å². The predicted molar refractivity (Wildman–Crippen MR) is 93.5 cm³/mol. The number of halogens is 1. The van der Waals surface area contributed by atoms with E-state index in [2.05, 4.69) is 10.1 Å². The molecule has 9 nitrogen and oxygen atoms in total. The Morgan fingerprint density at radius 2 is 2.00 bits per heavy atom. The minimum absolute atomic E-state index is 0.0000555. The number of hydrogen-bond donors (Lipinski definition) is 0. The van der Waals surface area contributed by atoms with Crippen LogP contribution in [0.5, 0.6) is 5.75 Å². The number of rotatable bonds is 6. The van der Waals surface area contributed by atoms with Gasteiger partial charge in [0.15, 0.2) is 12.4 Å². The van der Waals surface area contributed by atoms with Gasteiger partial charge in [0.05, 0.1) is 17.6 Å². The van der Waals surface area contributed by atoms with Crippen LogP contribution in [0.15, 0.2) is 47.0 Å². The average Bonchev–Trinajstić information content (AvgIpc) is 3.15. The SMILES string of the molecule is COc1ccc(C(=O)OCc2nc(-c3ccc(Cl)cc3)no2)cc1[N+](=O)[O-]. The van der Waals surface area contributed by atoms with Gasteiger partial charge < -0.3 is 14.0 Å². The summed E-state index contributed by atoms with van der Waals surface area (Å²) in [5.41, 5.74) is 0.348. The standard InChI is InChI=1S/C17H12ClN3O6/c1-25-14-7-4-11(8-13(14)21(23)24)17(22)26-9-15-19-16(20-27-15)10-2-5-12(18)6-3-10/h2-8H,9H2,1H3. The Morgan fingerprint density at radius 3 is 2.67 bits per heavy atom. The molecule has 0 unspecified atom stereocenters. The fourth-order valence-electron chi connectivity index (χ4n) is 2.20. The Hall–Kier alpha value is -3.46. The van der Waals surface area contributed by atoms with Crippen molar-refractivity contribution in [2.45, 2.75) is 6.61 Å².